The van der Waals surface area contributed by atoms with E-state index in [4.69, 9.17) is 5.73 Å². The van der Waals surface area contributed by atoms with Crippen LogP contribution >= 0.6 is 0 Å². The lowest BCUT2D eigenvalue weighted by Crippen LogP contribution is -2.34. The van der Waals surface area contributed by atoms with E-state index < -0.39 is 0 Å². The molecular weight excluding hydrogens is 208 g/mol. The van der Waals surface area contributed by atoms with Crippen molar-refractivity contribution in [3.8, 4) is 0 Å². The second kappa shape index (κ2) is 7.46. The minimum absolute atomic E-state index is 0.368. The van der Waals surface area contributed by atoms with E-state index in [-0.39, 0.29) is 0 Å². The van der Waals surface area contributed by atoms with E-state index in [1.165, 1.54) is 24.0 Å². The Morgan fingerprint density at radius 3 is 2.29 bits per heavy atom. The van der Waals surface area contributed by atoms with E-state index in [1.807, 2.05) is 0 Å². The van der Waals surface area contributed by atoms with Crippen LogP contribution in [0.25, 0.3) is 0 Å². The molecule has 0 bridgehead atoms. The molecule has 0 fully saturated rings. The van der Waals surface area contributed by atoms with Crippen LogP contribution in [-0.4, -0.2) is 24.5 Å². The minimum atomic E-state index is 0.368. The van der Waals surface area contributed by atoms with Crippen LogP contribution in [0.1, 0.15) is 43.9 Å². The molecule has 1 aromatic rings. The molecule has 0 heterocycles. The van der Waals surface area contributed by atoms with Gasteiger partial charge in [0.1, 0.15) is 0 Å². The van der Waals surface area contributed by atoms with Gasteiger partial charge in [-0.05, 0) is 32.0 Å². The minimum Gasteiger partial charge on any atom is -0.329 e. The molecular formula is C15H26N2. The van der Waals surface area contributed by atoms with Gasteiger partial charge < -0.3 is 5.73 Å². The third-order valence-corrected chi connectivity index (χ3v) is 3.33. The van der Waals surface area contributed by atoms with Crippen molar-refractivity contribution >= 4 is 0 Å². The quantitative estimate of drug-likeness (QED) is 0.785. The number of rotatable bonds is 7. The molecule has 0 aliphatic rings. The first-order valence-corrected chi connectivity index (χ1v) is 6.73. The van der Waals surface area contributed by atoms with Crippen LogP contribution in [0.3, 0.4) is 0 Å². The summed E-state index contributed by atoms with van der Waals surface area (Å²) in [5, 5.41) is 0. The van der Waals surface area contributed by atoms with Crippen molar-refractivity contribution in [2.45, 2.75) is 39.7 Å². The van der Waals surface area contributed by atoms with Gasteiger partial charge in [-0.1, -0.05) is 50.1 Å². The summed E-state index contributed by atoms with van der Waals surface area (Å²) in [6.45, 7) is 9.47. The second-order valence-corrected chi connectivity index (χ2v) is 4.64. The summed E-state index contributed by atoms with van der Waals surface area (Å²) < 4.78 is 0. The summed E-state index contributed by atoms with van der Waals surface area (Å²) in [6, 6.07) is 9.13. The molecule has 0 amide bonds. The highest BCUT2D eigenvalue weighted by molar-refractivity contribution is 5.24. The number of hydrogen-bond acceptors (Lipinski definition) is 2. The molecule has 0 aliphatic carbocycles. The van der Waals surface area contributed by atoms with Gasteiger partial charge in [0, 0.05) is 12.6 Å². The van der Waals surface area contributed by atoms with Gasteiger partial charge in [-0.3, -0.25) is 4.90 Å². The lowest BCUT2D eigenvalue weighted by Gasteiger charge is -2.30. The molecule has 96 valence electrons. The van der Waals surface area contributed by atoms with E-state index in [0.717, 1.165) is 13.1 Å². The summed E-state index contributed by atoms with van der Waals surface area (Å²) in [5.74, 6) is 0. The fraction of sp³-hybridized carbons (Fsp3) is 0.600. The van der Waals surface area contributed by atoms with Crippen LogP contribution in [0.5, 0.6) is 0 Å². The molecule has 1 rings (SSSR count). The number of hydrogen-bond donors (Lipinski definition) is 1. The maximum absolute atomic E-state index is 5.95. The predicted molar refractivity (Wildman–Crippen MR) is 75.1 cm³/mol. The summed E-state index contributed by atoms with van der Waals surface area (Å²) >= 11 is 0. The Hall–Kier alpha value is -0.860. The number of likely N-dealkylation sites (N-methyl/N-ethyl adjacent to an activating group) is 1. The Morgan fingerprint density at radius 2 is 1.82 bits per heavy atom. The van der Waals surface area contributed by atoms with E-state index in [0.29, 0.717) is 12.6 Å². The average molecular weight is 234 g/mol. The Morgan fingerprint density at radius 1 is 1.18 bits per heavy atom. The first kappa shape index (κ1) is 14.2. The average Bonchev–Trinajstić information content (AvgIpc) is 2.36. The van der Waals surface area contributed by atoms with Crippen molar-refractivity contribution in [1.29, 1.82) is 0 Å². The highest BCUT2D eigenvalue weighted by Gasteiger charge is 2.16. The zero-order valence-electron chi connectivity index (χ0n) is 11.4. The molecule has 2 heteroatoms. The molecule has 1 atom stereocenters. The first-order valence-electron chi connectivity index (χ1n) is 6.73. The SMILES string of the molecule is CCCCN(CC)C(CN)c1ccc(C)cc1. The molecule has 17 heavy (non-hydrogen) atoms. The molecule has 0 radical (unpaired) electrons. The van der Waals surface area contributed by atoms with Crippen molar-refractivity contribution < 1.29 is 0 Å². The van der Waals surface area contributed by atoms with Crippen LogP contribution < -0.4 is 5.73 Å². The molecule has 0 spiro atoms. The van der Waals surface area contributed by atoms with Gasteiger partial charge in [-0.25, -0.2) is 0 Å². The summed E-state index contributed by atoms with van der Waals surface area (Å²) in [7, 11) is 0. The fourth-order valence-corrected chi connectivity index (χ4v) is 2.18. The number of aryl methyl sites for hydroxylation is 1. The van der Waals surface area contributed by atoms with Gasteiger partial charge in [-0.2, -0.15) is 0 Å². The van der Waals surface area contributed by atoms with Crippen molar-refractivity contribution in [3.63, 3.8) is 0 Å². The zero-order chi connectivity index (χ0) is 12.7. The Balaban J connectivity index is 2.77. The third-order valence-electron chi connectivity index (χ3n) is 3.33. The molecule has 0 aliphatic heterocycles. The van der Waals surface area contributed by atoms with Crippen molar-refractivity contribution in [2.24, 2.45) is 5.73 Å². The summed E-state index contributed by atoms with van der Waals surface area (Å²) in [6.07, 6.45) is 2.48. The maximum atomic E-state index is 5.95. The van der Waals surface area contributed by atoms with Gasteiger partial charge in [0.2, 0.25) is 0 Å². The Bertz CT molecular complexity index is 305. The van der Waals surface area contributed by atoms with Gasteiger partial charge in [-0.15, -0.1) is 0 Å². The van der Waals surface area contributed by atoms with Gasteiger partial charge in [0.05, 0.1) is 0 Å². The fourth-order valence-electron chi connectivity index (χ4n) is 2.18. The lowest BCUT2D eigenvalue weighted by atomic mass is 10.0. The van der Waals surface area contributed by atoms with Crippen molar-refractivity contribution in [2.75, 3.05) is 19.6 Å². The molecule has 2 N–H and O–H groups in total. The molecule has 1 aromatic carbocycles. The molecule has 2 nitrogen and oxygen atoms in total. The Kier molecular flexibility index (Phi) is 6.23. The van der Waals surface area contributed by atoms with Gasteiger partial charge in [0.15, 0.2) is 0 Å². The smallest absolute Gasteiger partial charge is 0.0470 e. The van der Waals surface area contributed by atoms with Crippen LogP contribution in [-0.2, 0) is 0 Å². The first-order chi connectivity index (χ1) is 8.22. The van der Waals surface area contributed by atoms with E-state index in [1.54, 1.807) is 0 Å². The monoisotopic (exact) mass is 234 g/mol. The normalized spacial score (nSPS) is 13.0. The molecule has 0 saturated heterocycles. The lowest BCUT2D eigenvalue weighted by molar-refractivity contribution is 0.209. The van der Waals surface area contributed by atoms with Crippen molar-refractivity contribution in [3.05, 3.63) is 35.4 Å². The van der Waals surface area contributed by atoms with Crippen LogP contribution in [0.4, 0.5) is 0 Å². The third kappa shape index (κ3) is 4.14. The van der Waals surface area contributed by atoms with Crippen LogP contribution in [0, 0.1) is 6.92 Å². The number of nitrogens with zero attached hydrogens (tertiary/aromatic N) is 1. The summed E-state index contributed by atoms with van der Waals surface area (Å²) in [4.78, 5) is 2.48. The molecule has 0 aromatic heterocycles. The maximum Gasteiger partial charge on any atom is 0.0470 e. The molecule has 1 unspecified atom stereocenters. The van der Waals surface area contributed by atoms with E-state index >= 15 is 0 Å². The topological polar surface area (TPSA) is 29.3 Å². The summed E-state index contributed by atoms with van der Waals surface area (Å²) in [5.41, 5.74) is 8.60. The van der Waals surface area contributed by atoms with E-state index in [9.17, 15) is 0 Å². The highest BCUT2D eigenvalue weighted by atomic mass is 15.2. The van der Waals surface area contributed by atoms with Gasteiger partial charge in [0.25, 0.3) is 0 Å². The second-order valence-electron chi connectivity index (χ2n) is 4.64. The van der Waals surface area contributed by atoms with Crippen LogP contribution in [0.2, 0.25) is 0 Å². The highest BCUT2D eigenvalue weighted by Crippen LogP contribution is 2.20. The predicted octanol–water partition coefficient (Wildman–Crippen LogP) is 3.12. The van der Waals surface area contributed by atoms with E-state index in [2.05, 4.69) is 49.9 Å². The van der Waals surface area contributed by atoms with Gasteiger partial charge >= 0.3 is 0 Å². The largest absolute Gasteiger partial charge is 0.329 e. The standard InChI is InChI=1S/C15H26N2/c1-4-6-11-17(5-2)15(12-16)14-9-7-13(3)8-10-14/h7-10,15H,4-6,11-12,16H2,1-3H3. The number of nitrogens with two attached hydrogens (primary N) is 1. The number of unbranched alkanes of at least 4 members (excludes halogenated alkanes) is 1. The Labute approximate surface area is 106 Å². The zero-order valence-corrected chi connectivity index (χ0v) is 11.4. The van der Waals surface area contributed by atoms with Crippen molar-refractivity contribution in [1.82, 2.24) is 4.90 Å². The molecule has 0 saturated carbocycles. The number of benzene rings is 1. The van der Waals surface area contributed by atoms with Crippen LogP contribution in [0.15, 0.2) is 24.3 Å².